The van der Waals surface area contributed by atoms with Crippen LogP contribution in [0.5, 0.6) is 0 Å². The molecule has 0 radical (unpaired) electrons. The number of benzene rings is 1. The Hall–Kier alpha value is -3.94. The number of carbonyl (C=O) groups is 1. The molecule has 1 aromatic carbocycles. The molecule has 0 aliphatic heterocycles. The average Bonchev–Trinajstić information content (AvgIpc) is 3.14. The second-order valence-corrected chi connectivity index (χ2v) is 6.91. The van der Waals surface area contributed by atoms with E-state index in [1.54, 1.807) is 12.3 Å². The van der Waals surface area contributed by atoms with Gasteiger partial charge in [-0.1, -0.05) is 18.2 Å². The molecule has 8 nitrogen and oxygen atoms in total. The third-order valence-electron chi connectivity index (χ3n) is 4.59. The number of para-hydroxylation sites is 1. The van der Waals surface area contributed by atoms with Gasteiger partial charge in [-0.25, -0.2) is 15.0 Å². The summed E-state index contributed by atoms with van der Waals surface area (Å²) in [7, 11) is 0. The van der Waals surface area contributed by atoms with Crippen molar-refractivity contribution in [1.82, 2.24) is 24.8 Å². The van der Waals surface area contributed by atoms with Crippen LogP contribution in [-0.4, -0.2) is 38.5 Å². The van der Waals surface area contributed by atoms with Crippen LogP contribution in [0.3, 0.4) is 0 Å². The van der Waals surface area contributed by atoms with Gasteiger partial charge in [0, 0.05) is 37.1 Å². The van der Waals surface area contributed by atoms with Crippen LogP contribution in [0.25, 0.3) is 10.9 Å². The zero-order valence-electron chi connectivity index (χ0n) is 16.7. The zero-order valence-corrected chi connectivity index (χ0v) is 16.7. The van der Waals surface area contributed by atoms with E-state index in [0.717, 1.165) is 22.3 Å². The monoisotopic (exact) mass is 401 g/mol. The maximum atomic E-state index is 12.2. The number of fused-ring (bicyclic) bond motifs is 1. The van der Waals surface area contributed by atoms with Crippen LogP contribution in [0.2, 0.25) is 0 Å². The lowest BCUT2D eigenvalue weighted by Gasteiger charge is -2.10. The van der Waals surface area contributed by atoms with Crippen molar-refractivity contribution < 1.29 is 4.79 Å². The number of pyridine rings is 1. The van der Waals surface area contributed by atoms with Crippen molar-refractivity contribution in [2.75, 3.05) is 23.7 Å². The second-order valence-electron chi connectivity index (χ2n) is 6.91. The van der Waals surface area contributed by atoms with E-state index in [1.807, 2.05) is 60.2 Å². The molecular weight excluding hydrogens is 378 g/mol. The molecule has 3 N–H and O–H groups in total. The van der Waals surface area contributed by atoms with Crippen LogP contribution < -0.4 is 16.0 Å². The molecule has 0 aliphatic rings. The molecule has 1 amide bonds. The topological polar surface area (TPSA) is 96.8 Å². The minimum atomic E-state index is -0.0336. The van der Waals surface area contributed by atoms with Crippen molar-refractivity contribution in [3.8, 4) is 0 Å². The summed E-state index contributed by atoms with van der Waals surface area (Å²) in [5.41, 5.74) is 2.17. The SMILES string of the molecule is Cc1ccnc(Nc2cc(NCCNC(=O)Cn3ccc4ccccc43)ncn2)c1. The number of carbonyl (C=O) groups excluding carboxylic acids is 1. The molecule has 30 heavy (non-hydrogen) atoms. The minimum absolute atomic E-state index is 0.0336. The van der Waals surface area contributed by atoms with Crippen LogP contribution in [-0.2, 0) is 11.3 Å². The highest BCUT2D eigenvalue weighted by Gasteiger charge is 2.06. The number of anilines is 3. The summed E-state index contributed by atoms with van der Waals surface area (Å²) in [6, 6.07) is 15.7. The zero-order chi connectivity index (χ0) is 20.8. The summed E-state index contributed by atoms with van der Waals surface area (Å²) in [5, 5.41) is 10.4. The van der Waals surface area contributed by atoms with E-state index in [9.17, 15) is 4.79 Å². The van der Waals surface area contributed by atoms with E-state index in [-0.39, 0.29) is 5.91 Å². The third-order valence-corrected chi connectivity index (χ3v) is 4.59. The van der Waals surface area contributed by atoms with Crippen LogP contribution in [0.15, 0.2) is 67.3 Å². The van der Waals surface area contributed by atoms with E-state index < -0.39 is 0 Å². The molecule has 0 unspecified atom stereocenters. The van der Waals surface area contributed by atoms with Gasteiger partial charge in [0.25, 0.3) is 0 Å². The molecule has 0 fully saturated rings. The number of aromatic nitrogens is 4. The quantitative estimate of drug-likeness (QED) is 0.393. The molecule has 3 heterocycles. The number of amides is 1. The Labute approximate surface area is 174 Å². The standard InChI is InChI=1S/C22H23N7O/c1-16-6-8-23-20(12-16)28-21-13-19(26-15-27-21)24-9-10-25-22(30)14-29-11-7-17-4-2-3-5-18(17)29/h2-8,11-13,15H,9-10,14H2,1H3,(H,25,30)(H2,23,24,26,27,28). The lowest BCUT2D eigenvalue weighted by molar-refractivity contribution is -0.121. The van der Waals surface area contributed by atoms with E-state index in [0.29, 0.717) is 31.3 Å². The fraction of sp³-hybridized carbons (Fsp3) is 0.182. The largest absolute Gasteiger partial charge is 0.368 e. The second kappa shape index (κ2) is 9.04. The molecule has 0 aliphatic carbocycles. The average molecular weight is 401 g/mol. The molecule has 0 saturated carbocycles. The van der Waals surface area contributed by atoms with Crippen molar-refractivity contribution >= 4 is 34.3 Å². The number of hydrogen-bond acceptors (Lipinski definition) is 6. The minimum Gasteiger partial charge on any atom is -0.368 e. The molecule has 3 aromatic heterocycles. The highest BCUT2D eigenvalue weighted by atomic mass is 16.1. The van der Waals surface area contributed by atoms with Gasteiger partial charge in [0.1, 0.15) is 30.3 Å². The Bertz CT molecular complexity index is 1150. The van der Waals surface area contributed by atoms with E-state index >= 15 is 0 Å². The van der Waals surface area contributed by atoms with Crippen LogP contribution in [0, 0.1) is 6.92 Å². The number of rotatable bonds is 8. The molecule has 0 spiro atoms. The van der Waals surface area contributed by atoms with Gasteiger partial charge in [-0.15, -0.1) is 0 Å². The van der Waals surface area contributed by atoms with Crippen LogP contribution in [0.4, 0.5) is 17.5 Å². The number of nitrogens with zero attached hydrogens (tertiary/aromatic N) is 4. The summed E-state index contributed by atoms with van der Waals surface area (Å²) < 4.78 is 1.94. The van der Waals surface area contributed by atoms with Gasteiger partial charge in [0.15, 0.2) is 0 Å². The predicted octanol–water partition coefficient (Wildman–Crippen LogP) is 3.11. The Balaban J connectivity index is 1.25. The number of nitrogens with one attached hydrogen (secondary N) is 3. The van der Waals surface area contributed by atoms with Crippen molar-refractivity contribution in [1.29, 1.82) is 0 Å². The number of aryl methyl sites for hydroxylation is 1. The fourth-order valence-electron chi connectivity index (χ4n) is 3.14. The molecule has 0 atom stereocenters. The Kier molecular flexibility index (Phi) is 5.84. The maximum absolute atomic E-state index is 12.2. The molecule has 152 valence electrons. The number of hydrogen-bond donors (Lipinski definition) is 3. The van der Waals surface area contributed by atoms with E-state index in [4.69, 9.17) is 0 Å². The first kappa shape index (κ1) is 19.4. The Morgan fingerprint density at radius 2 is 1.80 bits per heavy atom. The van der Waals surface area contributed by atoms with Gasteiger partial charge >= 0.3 is 0 Å². The van der Waals surface area contributed by atoms with Gasteiger partial charge in [0.05, 0.1) is 0 Å². The molecule has 0 saturated heterocycles. The lowest BCUT2D eigenvalue weighted by Crippen LogP contribution is -2.31. The van der Waals surface area contributed by atoms with Gasteiger partial charge in [-0.05, 0) is 42.1 Å². The first-order chi connectivity index (χ1) is 14.7. The highest BCUT2D eigenvalue weighted by Crippen LogP contribution is 2.15. The first-order valence-electron chi connectivity index (χ1n) is 9.73. The van der Waals surface area contributed by atoms with E-state index in [1.165, 1.54) is 6.33 Å². The van der Waals surface area contributed by atoms with Crippen molar-refractivity contribution in [2.24, 2.45) is 0 Å². The predicted molar refractivity (Wildman–Crippen MR) is 118 cm³/mol. The summed E-state index contributed by atoms with van der Waals surface area (Å²) in [6.07, 6.45) is 5.16. The van der Waals surface area contributed by atoms with Gasteiger partial charge in [-0.3, -0.25) is 4.79 Å². The first-order valence-corrected chi connectivity index (χ1v) is 9.73. The smallest absolute Gasteiger partial charge is 0.240 e. The van der Waals surface area contributed by atoms with Crippen molar-refractivity contribution in [2.45, 2.75) is 13.5 Å². The summed E-state index contributed by atoms with van der Waals surface area (Å²) in [5.74, 6) is 2.01. The summed E-state index contributed by atoms with van der Waals surface area (Å²) in [6.45, 7) is 3.34. The normalized spacial score (nSPS) is 10.7. The van der Waals surface area contributed by atoms with Gasteiger partial charge < -0.3 is 20.5 Å². The summed E-state index contributed by atoms with van der Waals surface area (Å²) >= 11 is 0. The maximum Gasteiger partial charge on any atom is 0.240 e. The van der Waals surface area contributed by atoms with Gasteiger partial charge in [-0.2, -0.15) is 0 Å². The lowest BCUT2D eigenvalue weighted by atomic mass is 10.2. The highest BCUT2D eigenvalue weighted by molar-refractivity contribution is 5.83. The third kappa shape index (κ3) is 4.91. The molecule has 4 rings (SSSR count). The van der Waals surface area contributed by atoms with Crippen LogP contribution in [0.1, 0.15) is 5.56 Å². The van der Waals surface area contributed by atoms with E-state index in [2.05, 4.69) is 30.9 Å². The Morgan fingerprint density at radius 1 is 0.967 bits per heavy atom. The summed E-state index contributed by atoms with van der Waals surface area (Å²) in [4.78, 5) is 24.9. The van der Waals surface area contributed by atoms with Crippen molar-refractivity contribution in [3.05, 3.63) is 72.8 Å². The van der Waals surface area contributed by atoms with Gasteiger partial charge in [0.2, 0.25) is 5.91 Å². The van der Waals surface area contributed by atoms with Crippen LogP contribution >= 0.6 is 0 Å². The molecule has 8 heteroatoms. The fourth-order valence-corrected chi connectivity index (χ4v) is 3.14. The molecule has 0 bridgehead atoms. The molecule has 4 aromatic rings. The Morgan fingerprint density at radius 3 is 2.70 bits per heavy atom. The van der Waals surface area contributed by atoms with Crippen molar-refractivity contribution in [3.63, 3.8) is 0 Å². The molecular formula is C22H23N7O.